The van der Waals surface area contributed by atoms with E-state index in [4.69, 9.17) is 0 Å². The van der Waals surface area contributed by atoms with Gasteiger partial charge in [0, 0.05) is 31.2 Å². The van der Waals surface area contributed by atoms with Crippen LogP contribution in [0.25, 0.3) is 0 Å². The molecule has 0 heterocycles. The van der Waals surface area contributed by atoms with Crippen LogP contribution in [0.4, 0.5) is 5.69 Å². The summed E-state index contributed by atoms with van der Waals surface area (Å²) in [5.41, 5.74) is 0.929. The first kappa shape index (κ1) is 16.5. The summed E-state index contributed by atoms with van der Waals surface area (Å²) >= 11 is 3.46. The van der Waals surface area contributed by atoms with Crippen LogP contribution >= 0.6 is 15.9 Å². The van der Waals surface area contributed by atoms with Crippen molar-refractivity contribution in [3.05, 3.63) is 24.3 Å². The van der Waals surface area contributed by atoms with Gasteiger partial charge in [-0.25, -0.2) is 12.7 Å². The topological polar surface area (TPSA) is 49.4 Å². The van der Waals surface area contributed by atoms with Gasteiger partial charge in [-0.3, -0.25) is 0 Å². The third kappa shape index (κ3) is 4.19. The second-order valence-corrected chi connectivity index (χ2v) is 7.68. The summed E-state index contributed by atoms with van der Waals surface area (Å²) in [6, 6.07) is 7.17. The Labute approximate surface area is 124 Å². The molecule has 108 valence electrons. The molecular formula is C13H21BrN2O2S. The lowest BCUT2D eigenvalue weighted by Gasteiger charge is -2.20. The van der Waals surface area contributed by atoms with Crippen molar-refractivity contribution in [3.8, 4) is 0 Å². The number of sulfonamides is 1. The van der Waals surface area contributed by atoms with Crippen molar-refractivity contribution < 1.29 is 8.42 Å². The predicted octanol–water partition coefficient (Wildman–Crippen LogP) is 2.77. The van der Waals surface area contributed by atoms with Crippen LogP contribution in [-0.2, 0) is 10.0 Å². The SMILES string of the molecule is CC(CBr)C(C)Nc1ccc(S(=O)(=O)N(C)C)cc1. The van der Waals surface area contributed by atoms with Gasteiger partial charge in [0.05, 0.1) is 4.90 Å². The number of hydrogen-bond donors (Lipinski definition) is 1. The maximum Gasteiger partial charge on any atom is 0.242 e. The van der Waals surface area contributed by atoms with Crippen LogP contribution in [0.15, 0.2) is 29.2 Å². The van der Waals surface area contributed by atoms with Crippen LogP contribution in [0.2, 0.25) is 0 Å². The zero-order chi connectivity index (χ0) is 14.6. The van der Waals surface area contributed by atoms with Crippen LogP contribution in [0.5, 0.6) is 0 Å². The zero-order valence-electron chi connectivity index (χ0n) is 11.7. The summed E-state index contributed by atoms with van der Waals surface area (Å²) in [6.45, 7) is 4.26. The van der Waals surface area contributed by atoms with Crippen molar-refractivity contribution in [2.45, 2.75) is 24.8 Å². The summed E-state index contributed by atoms with van der Waals surface area (Å²) in [5.74, 6) is 0.491. The first-order valence-corrected chi connectivity index (χ1v) is 8.70. The summed E-state index contributed by atoms with van der Waals surface area (Å²) in [5, 5.41) is 4.29. The minimum Gasteiger partial charge on any atom is -0.382 e. The predicted molar refractivity (Wildman–Crippen MR) is 83.4 cm³/mol. The highest BCUT2D eigenvalue weighted by atomic mass is 79.9. The van der Waals surface area contributed by atoms with Crippen LogP contribution in [0, 0.1) is 5.92 Å². The van der Waals surface area contributed by atoms with Gasteiger partial charge in [0.15, 0.2) is 0 Å². The van der Waals surface area contributed by atoms with Crippen molar-refractivity contribution in [1.29, 1.82) is 0 Å². The van der Waals surface area contributed by atoms with Crippen molar-refractivity contribution in [2.75, 3.05) is 24.7 Å². The van der Waals surface area contributed by atoms with E-state index in [1.54, 1.807) is 24.3 Å². The van der Waals surface area contributed by atoms with E-state index < -0.39 is 10.0 Å². The average Bonchev–Trinajstić information content (AvgIpc) is 2.38. The molecule has 0 aliphatic rings. The average molecular weight is 349 g/mol. The maximum atomic E-state index is 11.9. The minimum atomic E-state index is -3.35. The highest BCUT2D eigenvalue weighted by Gasteiger charge is 2.17. The van der Waals surface area contributed by atoms with Crippen LogP contribution in [0.1, 0.15) is 13.8 Å². The second-order valence-electron chi connectivity index (χ2n) is 4.88. The zero-order valence-corrected chi connectivity index (χ0v) is 14.1. The Hall–Kier alpha value is -0.590. The molecule has 19 heavy (non-hydrogen) atoms. The normalized spacial score (nSPS) is 15.3. The number of hydrogen-bond acceptors (Lipinski definition) is 3. The van der Waals surface area contributed by atoms with Crippen molar-refractivity contribution in [2.24, 2.45) is 5.92 Å². The molecule has 0 aliphatic heterocycles. The molecule has 0 bridgehead atoms. The Morgan fingerprint density at radius 1 is 1.21 bits per heavy atom. The van der Waals surface area contributed by atoms with E-state index in [9.17, 15) is 8.42 Å². The second kappa shape index (κ2) is 6.72. The van der Waals surface area contributed by atoms with Crippen molar-refractivity contribution >= 4 is 31.6 Å². The highest BCUT2D eigenvalue weighted by Crippen LogP contribution is 2.18. The van der Waals surface area contributed by atoms with Crippen LogP contribution in [-0.4, -0.2) is 38.2 Å². The number of halogens is 1. The molecule has 0 fully saturated rings. The van der Waals surface area contributed by atoms with Crippen molar-refractivity contribution in [1.82, 2.24) is 4.31 Å². The molecule has 0 spiro atoms. The number of rotatable bonds is 6. The molecule has 0 radical (unpaired) electrons. The monoisotopic (exact) mass is 348 g/mol. The molecule has 2 atom stereocenters. The molecule has 0 saturated carbocycles. The summed E-state index contributed by atoms with van der Waals surface area (Å²) in [4.78, 5) is 0.309. The number of nitrogens with one attached hydrogen (secondary N) is 1. The molecule has 6 heteroatoms. The molecule has 0 saturated heterocycles. The number of anilines is 1. The molecule has 1 rings (SSSR count). The van der Waals surface area contributed by atoms with Gasteiger partial charge in [-0.15, -0.1) is 0 Å². The fourth-order valence-corrected chi connectivity index (χ4v) is 2.94. The van der Waals surface area contributed by atoms with E-state index in [0.717, 1.165) is 11.0 Å². The molecule has 4 nitrogen and oxygen atoms in total. The van der Waals surface area contributed by atoms with E-state index >= 15 is 0 Å². The number of nitrogens with zero attached hydrogens (tertiary/aromatic N) is 1. The smallest absolute Gasteiger partial charge is 0.242 e. The number of benzene rings is 1. The van der Waals surface area contributed by atoms with Crippen molar-refractivity contribution in [3.63, 3.8) is 0 Å². The lowest BCUT2D eigenvalue weighted by Crippen LogP contribution is -2.25. The van der Waals surface area contributed by atoms with Gasteiger partial charge in [0.25, 0.3) is 0 Å². The van der Waals surface area contributed by atoms with Gasteiger partial charge in [0.1, 0.15) is 0 Å². The Balaban J connectivity index is 2.83. The summed E-state index contributed by atoms with van der Waals surface area (Å²) in [6.07, 6.45) is 0. The lowest BCUT2D eigenvalue weighted by atomic mass is 10.1. The van der Waals surface area contributed by atoms with E-state index in [1.807, 2.05) is 0 Å². The Kier molecular flexibility index (Phi) is 5.82. The largest absolute Gasteiger partial charge is 0.382 e. The minimum absolute atomic E-state index is 0.309. The summed E-state index contributed by atoms with van der Waals surface area (Å²) in [7, 11) is -0.287. The Morgan fingerprint density at radius 3 is 2.16 bits per heavy atom. The third-order valence-corrected chi connectivity index (χ3v) is 5.97. The molecule has 2 unspecified atom stereocenters. The highest BCUT2D eigenvalue weighted by molar-refractivity contribution is 9.09. The van der Waals surface area contributed by atoms with Gasteiger partial charge in [-0.2, -0.15) is 0 Å². The molecule has 0 aliphatic carbocycles. The Bertz CT molecular complexity index is 500. The van der Waals surface area contributed by atoms with Crippen LogP contribution in [0.3, 0.4) is 0 Å². The molecule has 1 N–H and O–H groups in total. The summed E-state index contributed by atoms with van der Waals surface area (Å²) < 4.78 is 25.1. The molecule has 0 amide bonds. The standard InChI is InChI=1S/C13H21BrN2O2S/c1-10(9-14)11(2)15-12-5-7-13(8-6-12)19(17,18)16(3)4/h5-8,10-11,15H,9H2,1-4H3. The van der Waals surface area contributed by atoms with Gasteiger partial charge >= 0.3 is 0 Å². The van der Waals surface area contributed by atoms with Gasteiger partial charge in [-0.05, 0) is 37.1 Å². The van der Waals surface area contributed by atoms with E-state index in [1.165, 1.54) is 18.4 Å². The van der Waals surface area contributed by atoms with E-state index in [2.05, 4.69) is 35.1 Å². The van der Waals surface area contributed by atoms with Gasteiger partial charge in [-0.1, -0.05) is 22.9 Å². The lowest BCUT2D eigenvalue weighted by molar-refractivity contribution is 0.521. The van der Waals surface area contributed by atoms with E-state index in [0.29, 0.717) is 16.9 Å². The van der Waals surface area contributed by atoms with Crippen LogP contribution < -0.4 is 5.32 Å². The molecule has 1 aromatic carbocycles. The van der Waals surface area contributed by atoms with Gasteiger partial charge in [0.2, 0.25) is 10.0 Å². The fraction of sp³-hybridized carbons (Fsp3) is 0.538. The fourth-order valence-electron chi connectivity index (χ4n) is 1.47. The first-order chi connectivity index (χ1) is 8.78. The number of alkyl halides is 1. The Morgan fingerprint density at radius 2 is 1.74 bits per heavy atom. The molecular weight excluding hydrogens is 328 g/mol. The third-order valence-electron chi connectivity index (χ3n) is 3.12. The maximum absolute atomic E-state index is 11.9. The van der Waals surface area contributed by atoms with Gasteiger partial charge < -0.3 is 5.32 Å². The van der Waals surface area contributed by atoms with E-state index in [-0.39, 0.29) is 0 Å². The first-order valence-electron chi connectivity index (χ1n) is 6.14. The molecule has 0 aromatic heterocycles. The molecule has 1 aromatic rings. The quantitative estimate of drug-likeness (QED) is 0.804.